The smallest absolute Gasteiger partial charge is 0.334 e. The van der Waals surface area contributed by atoms with Gasteiger partial charge in [-0.3, -0.25) is 4.79 Å². The van der Waals surface area contributed by atoms with Gasteiger partial charge >= 0.3 is 5.97 Å². The Balaban J connectivity index is 0.00000101. The van der Waals surface area contributed by atoms with E-state index in [9.17, 15) is 19.8 Å². The molecular formula is C18H26N2O5. The van der Waals surface area contributed by atoms with Gasteiger partial charge in [-0.05, 0) is 42.7 Å². The Hall–Kier alpha value is -2.80. The van der Waals surface area contributed by atoms with E-state index < -0.39 is 11.9 Å². The molecule has 0 spiro atoms. The molecule has 1 amide bonds. The summed E-state index contributed by atoms with van der Waals surface area (Å²) in [7, 11) is 0. The molecule has 0 aromatic heterocycles. The van der Waals surface area contributed by atoms with Crippen molar-refractivity contribution in [2.75, 3.05) is 13.2 Å². The van der Waals surface area contributed by atoms with Gasteiger partial charge in [0.15, 0.2) is 11.5 Å². The van der Waals surface area contributed by atoms with Crippen LogP contribution in [0.1, 0.15) is 32.3 Å². The second-order valence-electron chi connectivity index (χ2n) is 5.09. The molecule has 0 aliphatic carbocycles. The fraction of sp³-hybridized carbons (Fsp3) is 0.333. The normalized spacial score (nSPS) is 10.8. The maximum Gasteiger partial charge on any atom is 0.334 e. The highest BCUT2D eigenvalue weighted by atomic mass is 16.5. The summed E-state index contributed by atoms with van der Waals surface area (Å²) in [6.07, 6.45) is 2.58. The number of rotatable bonds is 7. The summed E-state index contributed by atoms with van der Waals surface area (Å²) in [4.78, 5) is 21.4. The minimum atomic E-state index is -0.481. The number of ether oxygens (including phenoxy) is 1. The molecule has 0 heterocycles. The minimum absolute atomic E-state index is 0.177. The molecule has 0 saturated carbocycles. The zero-order chi connectivity index (χ0) is 19.4. The van der Waals surface area contributed by atoms with E-state index in [-0.39, 0.29) is 24.7 Å². The molecule has 1 aromatic carbocycles. The standard InChI is InChI=1S/C15H21NO4.C3H5NO/c1-3-4-12(10(2)15(19)20-8-7-16)11-5-6-13(17)14(18)9-11;1-2-3(4)5/h5-6,9,17-18H,3-4,7-8,16H2,1-2H3;2H,1H2,(H2,4,5). The molecule has 25 heavy (non-hydrogen) atoms. The lowest BCUT2D eigenvalue weighted by molar-refractivity contribution is -0.138. The molecular weight excluding hydrogens is 324 g/mol. The maximum absolute atomic E-state index is 11.9. The molecule has 0 fully saturated rings. The molecule has 0 bridgehead atoms. The van der Waals surface area contributed by atoms with E-state index in [1.165, 1.54) is 12.1 Å². The Kier molecular flexibility index (Phi) is 10.4. The SMILES string of the molecule is C=CC(N)=O.CCCC(=C(C)C(=O)OCCN)c1ccc(O)c(O)c1. The Labute approximate surface area is 147 Å². The third kappa shape index (κ3) is 8.03. The van der Waals surface area contributed by atoms with Crippen molar-refractivity contribution in [3.8, 4) is 11.5 Å². The highest BCUT2D eigenvalue weighted by Crippen LogP contribution is 2.31. The second kappa shape index (κ2) is 11.7. The van der Waals surface area contributed by atoms with Crippen LogP contribution in [0.25, 0.3) is 5.57 Å². The van der Waals surface area contributed by atoms with E-state index in [0.717, 1.165) is 18.1 Å². The number of nitrogens with two attached hydrogens (primary N) is 2. The van der Waals surface area contributed by atoms with Crippen LogP contribution in [0.3, 0.4) is 0 Å². The number of esters is 1. The van der Waals surface area contributed by atoms with Crippen molar-refractivity contribution in [3.63, 3.8) is 0 Å². The molecule has 138 valence electrons. The number of amides is 1. The van der Waals surface area contributed by atoms with Gasteiger partial charge in [-0.2, -0.15) is 0 Å². The van der Waals surface area contributed by atoms with Gasteiger partial charge in [-0.15, -0.1) is 0 Å². The zero-order valence-electron chi connectivity index (χ0n) is 14.6. The topological polar surface area (TPSA) is 136 Å². The fourth-order valence-corrected chi connectivity index (χ4v) is 1.89. The van der Waals surface area contributed by atoms with Gasteiger partial charge in [0.05, 0.1) is 0 Å². The van der Waals surface area contributed by atoms with Crippen molar-refractivity contribution in [1.29, 1.82) is 0 Å². The molecule has 0 aliphatic rings. The van der Waals surface area contributed by atoms with Gasteiger partial charge in [-0.1, -0.05) is 26.0 Å². The van der Waals surface area contributed by atoms with Crippen LogP contribution in [0.5, 0.6) is 11.5 Å². The van der Waals surface area contributed by atoms with Crippen LogP contribution in [0.15, 0.2) is 36.4 Å². The third-order valence-electron chi connectivity index (χ3n) is 3.13. The average Bonchev–Trinajstić information content (AvgIpc) is 2.59. The number of primary amides is 1. The summed E-state index contributed by atoms with van der Waals surface area (Å²) in [6.45, 7) is 7.23. The Morgan fingerprint density at radius 2 is 1.88 bits per heavy atom. The van der Waals surface area contributed by atoms with Gasteiger partial charge in [-0.25, -0.2) is 4.79 Å². The number of benzene rings is 1. The first-order valence-corrected chi connectivity index (χ1v) is 7.79. The van der Waals surface area contributed by atoms with E-state index in [2.05, 4.69) is 12.3 Å². The summed E-state index contributed by atoms with van der Waals surface area (Å²) in [5.74, 6) is -1.29. The van der Waals surface area contributed by atoms with Gasteiger partial charge < -0.3 is 26.4 Å². The van der Waals surface area contributed by atoms with Crippen molar-refractivity contribution in [3.05, 3.63) is 42.0 Å². The average molecular weight is 350 g/mol. The number of phenolic OH excluding ortho intramolecular Hbond substituents is 2. The van der Waals surface area contributed by atoms with Crippen LogP contribution in [0.2, 0.25) is 0 Å². The Morgan fingerprint density at radius 3 is 2.32 bits per heavy atom. The summed E-state index contributed by atoms with van der Waals surface area (Å²) in [5, 5.41) is 18.9. The minimum Gasteiger partial charge on any atom is -0.504 e. The van der Waals surface area contributed by atoms with Crippen molar-refractivity contribution in [2.24, 2.45) is 11.5 Å². The van der Waals surface area contributed by atoms with Crippen molar-refractivity contribution < 1.29 is 24.5 Å². The predicted octanol–water partition coefficient (Wildman–Crippen LogP) is 1.83. The summed E-state index contributed by atoms with van der Waals surface area (Å²) >= 11 is 0. The number of hydrogen-bond acceptors (Lipinski definition) is 6. The molecule has 0 radical (unpaired) electrons. The van der Waals surface area contributed by atoms with E-state index in [1.54, 1.807) is 13.0 Å². The number of hydrogen-bond donors (Lipinski definition) is 4. The summed E-state index contributed by atoms with van der Waals surface area (Å²) in [5.41, 5.74) is 11.8. The number of carbonyl (C=O) groups excluding carboxylic acids is 2. The van der Waals surface area contributed by atoms with Gasteiger partial charge in [0.2, 0.25) is 5.91 Å². The van der Waals surface area contributed by atoms with Gasteiger partial charge in [0.1, 0.15) is 6.61 Å². The molecule has 0 atom stereocenters. The van der Waals surface area contributed by atoms with Crippen LogP contribution in [-0.2, 0) is 14.3 Å². The first kappa shape index (κ1) is 22.2. The summed E-state index contributed by atoms with van der Waals surface area (Å²) in [6, 6.07) is 4.51. The number of allylic oxidation sites excluding steroid dienone is 1. The molecule has 6 N–H and O–H groups in total. The number of carbonyl (C=O) groups is 2. The second-order valence-corrected chi connectivity index (χ2v) is 5.09. The highest BCUT2D eigenvalue weighted by molar-refractivity contribution is 5.97. The van der Waals surface area contributed by atoms with Crippen molar-refractivity contribution >= 4 is 17.4 Å². The van der Waals surface area contributed by atoms with Gasteiger partial charge in [0.25, 0.3) is 0 Å². The molecule has 0 saturated heterocycles. The Bertz CT molecular complexity index is 638. The molecule has 1 aromatic rings. The lowest BCUT2D eigenvalue weighted by Gasteiger charge is -2.12. The van der Waals surface area contributed by atoms with Crippen LogP contribution < -0.4 is 11.5 Å². The maximum atomic E-state index is 11.9. The molecule has 7 nitrogen and oxygen atoms in total. The van der Waals surface area contributed by atoms with Gasteiger partial charge in [0, 0.05) is 12.1 Å². The monoisotopic (exact) mass is 350 g/mol. The zero-order valence-corrected chi connectivity index (χ0v) is 14.6. The van der Waals surface area contributed by atoms with Crippen LogP contribution in [0.4, 0.5) is 0 Å². The third-order valence-corrected chi connectivity index (χ3v) is 3.13. The molecule has 0 unspecified atom stereocenters. The molecule has 1 rings (SSSR count). The van der Waals surface area contributed by atoms with Crippen molar-refractivity contribution in [1.82, 2.24) is 0 Å². The molecule has 7 heteroatoms. The largest absolute Gasteiger partial charge is 0.504 e. The number of aromatic hydroxyl groups is 2. The van der Waals surface area contributed by atoms with E-state index in [1.807, 2.05) is 6.92 Å². The lowest BCUT2D eigenvalue weighted by Crippen LogP contribution is -2.15. The lowest BCUT2D eigenvalue weighted by atomic mass is 9.96. The van der Waals surface area contributed by atoms with Crippen LogP contribution in [0, 0.1) is 0 Å². The predicted molar refractivity (Wildman–Crippen MR) is 96.7 cm³/mol. The van der Waals surface area contributed by atoms with Crippen LogP contribution >= 0.6 is 0 Å². The number of phenols is 2. The first-order valence-electron chi connectivity index (χ1n) is 7.79. The van der Waals surface area contributed by atoms with Crippen molar-refractivity contribution in [2.45, 2.75) is 26.7 Å². The quantitative estimate of drug-likeness (QED) is 0.336. The Morgan fingerprint density at radius 1 is 1.28 bits per heavy atom. The fourth-order valence-electron chi connectivity index (χ4n) is 1.89. The van der Waals surface area contributed by atoms with E-state index in [0.29, 0.717) is 17.6 Å². The highest BCUT2D eigenvalue weighted by Gasteiger charge is 2.14. The van der Waals surface area contributed by atoms with E-state index in [4.69, 9.17) is 10.5 Å². The van der Waals surface area contributed by atoms with Crippen LogP contribution in [-0.4, -0.2) is 35.2 Å². The van der Waals surface area contributed by atoms with E-state index >= 15 is 0 Å². The summed E-state index contributed by atoms with van der Waals surface area (Å²) < 4.78 is 5.02. The first-order chi connectivity index (χ1) is 11.8. The molecule has 0 aliphatic heterocycles.